The summed E-state index contributed by atoms with van der Waals surface area (Å²) < 4.78 is 8.08. The summed E-state index contributed by atoms with van der Waals surface area (Å²) in [6.07, 6.45) is 5.82. The standard InChI is InChI=1S/C14H14BrNO2/c1-18-14(17)10-6-3-7-12-13(10)11(15)8-16(12)9-4-2-5-9/h3,6-9H,2,4-5H2,1H3. The molecule has 1 fully saturated rings. The summed E-state index contributed by atoms with van der Waals surface area (Å²) >= 11 is 3.56. The van der Waals surface area contributed by atoms with Gasteiger partial charge in [-0.25, -0.2) is 4.79 Å². The van der Waals surface area contributed by atoms with E-state index in [2.05, 4.69) is 32.8 Å². The first-order valence-electron chi connectivity index (χ1n) is 6.09. The lowest BCUT2D eigenvalue weighted by Crippen LogP contribution is -2.15. The lowest BCUT2D eigenvalue weighted by Gasteiger charge is -2.28. The Hall–Kier alpha value is -1.29. The van der Waals surface area contributed by atoms with Gasteiger partial charge in [0.25, 0.3) is 0 Å². The van der Waals surface area contributed by atoms with Crippen LogP contribution >= 0.6 is 15.9 Å². The maximum Gasteiger partial charge on any atom is 0.338 e. The van der Waals surface area contributed by atoms with Crippen LogP contribution in [0.5, 0.6) is 0 Å². The topological polar surface area (TPSA) is 31.2 Å². The summed E-state index contributed by atoms with van der Waals surface area (Å²) in [6, 6.07) is 6.36. The molecule has 3 nitrogen and oxygen atoms in total. The minimum absolute atomic E-state index is 0.285. The fourth-order valence-corrected chi connectivity index (χ4v) is 3.15. The molecule has 1 aliphatic rings. The van der Waals surface area contributed by atoms with E-state index < -0.39 is 0 Å². The van der Waals surface area contributed by atoms with Crippen molar-refractivity contribution in [2.75, 3.05) is 7.11 Å². The zero-order valence-corrected chi connectivity index (χ0v) is 11.7. The molecule has 94 valence electrons. The molecular weight excluding hydrogens is 294 g/mol. The van der Waals surface area contributed by atoms with Gasteiger partial charge in [-0.05, 0) is 47.3 Å². The van der Waals surface area contributed by atoms with Crippen molar-refractivity contribution in [3.05, 3.63) is 34.4 Å². The van der Waals surface area contributed by atoms with E-state index in [1.54, 1.807) is 0 Å². The van der Waals surface area contributed by atoms with Gasteiger partial charge in [-0.1, -0.05) is 6.07 Å². The van der Waals surface area contributed by atoms with Crippen molar-refractivity contribution in [3.8, 4) is 0 Å². The minimum atomic E-state index is -0.285. The molecule has 3 rings (SSSR count). The molecule has 0 aliphatic heterocycles. The third kappa shape index (κ3) is 1.67. The van der Waals surface area contributed by atoms with E-state index in [4.69, 9.17) is 4.74 Å². The molecule has 0 saturated heterocycles. The molecule has 1 aromatic heterocycles. The lowest BCUT2D eigenvalue weighted by atomic mass is 9.93. The fourth-order valence-electron chi connectivity index (χ4n) is 2.51. The number of nitrogens with zero attached hydrogens (tertiary/aromatic N) is 1. The van der Waals surface area contributed by atoms with Crippen LogP contribution in [0.1, 0.15) is 35.7 Å². The van der Waals surface area contributed by atoms with Crippen LogP contribution < -0.4 is 0 Å². The highest BCUT2D eigenvalue weighted by molar-refractivity contribution is 9.10. The smallest absolute Gasteiger partial charge is 0.338 e. The summed E-state index contributed by atoms with van der Waals surface area (Å²) in [5.74, 6) is -0.285. The highest BCUT2D eigenvalue weighted by Gasteiger charge is 2.23. The van der Waals surface area contributed by atoms with Gasteiger partial charge in [0.1, 0.15) is 0 Å². The summed E-state index contributed by atoms with van der Waals surface area (Å²) in [7, 11) is 1.41. The molecule has 0 N–H and O–H groups in total. The van der Waals surface area contributed by atoms with Gasteiger partial charge in [0.15, 0.2) is 0 Å². The minimum Gasteiger partial charge on any atom is -0.465 e. The molecule has 0 radical (unpaired) electrons. The number of carbonyl (C=O) groups is 1. The number of ether oxygens (including phenoxy) is 1. The summed E-state index contributed by atoms with van der Waals surface area (Å²) in [5, 5.41) is 0.955. The average Bonchev–Trinajstić information content (AvgIpc) is 2.64. The molecule has 4 heteroatoms. The first-order valence-corrected chi connectivity index (χ1v) is 6.89. The van der Waals surface area contributed by atoms with Crippen molar-refractivity contribution >= 4 is 32.8 Å². The number of carbonyl (C=O) groups excluding carboxylic acids is 1. The second-order valence-corrected chi connectivity index (χ2v) is 5.51. The second-order valence-electron chi connectivity index (χ2n) is 4.66. The van der Waals surface area contributed by atoms with E-state index in [9.17, 15) is 4.79 Å². The Morgan fingerprint density at radius 3 is 2.83 bits per heavy atom. The van der Waals surface area contributed by atoms with E-state index in [1.807, 2.05) is 12.1 Å². The summed E-state index contributed by atoms with van der Waals surface area (Å²) in [4.78, 5) is 11.8. The van der Waals surface area contributed by atoms with E-state index in [0.717, 1.165) is 15.4 Å². The maximum atomic E-state index is 11.8. The second kappa shape index (κ2) is 4.43. The highest BCUT2D eigenvalue weighted by Crippen LogP contribution is 2.38. The van der Waals surface area contributed by atoms with Crippen LogP contribution in [-0.4, -0.2) is 17.6 Å². The highest BCUT2D eigenvalue weighted by atomic mass is 79.9. The number of aromatic nitrogens is 1. The van der Waals surface area contributed by atoms with Crippen molar-refractivity contribution in [2.24, 2.45) is 0 Å². The van der Waals surface area contributed by atoms with Crippen molar-refractivity contribution in [2.45, 2.75) is 25.3 Å². The number of methoxy groups -OCH3 is 1. The molecule has 1 aromatic carbocycles. The average molecular weight is 308 g/mol. The van der Waals surface area contributed by atoms with Crippen LogP contribution in [0.4, 0.5) is 0 Å². The molecule has 1 heterocycles. The van der Waals surface area contributed by atoms with Gasteiger partial charge in [0, 0.05) is 22.1 Å². The van der Waals surface area contributed by atoms with E-state index in [1.165, 1.54) is 26.4 Å². The molecule has 1 saturated carbocycles. The first kappa shape index (κ1) is 11.8. The van der Waals surface area contributed by atoms with Gasteiger partial charge in [0.05, 0.1) is 18.2 Å². The van der Waals surface area contributed by atoms with Gasteiger partial charge in [0.2, 0.25) is 0 Å². The van der Waals surface area contributed by atoms with E-state index in [-0.39, 0.29) is 5.97 Å². The number of benzene rings is 1. The number of halogens is 1. The zero-order chi connectivity index (χ0) is 12.7. The largest absolute Gasteiger partial charge is 0.465 e. The van der Waals surface area contributed by atoms with Gasteiger partial charge < -0.3 is 9.30 Å². The predicted molar refractivity (Wildman–Crippen MR) is 73.9 cm³/mol. The molecule has 0 spiro atoms. The van der Waals surface area contributed by atoms with Gasteiger partial charge in [-0.2, -0.15) is 0 Å². The van der Waals surface area contributed by atoms with Gasteiger partial charge in [-0.15, -0.1) is 0 Å². The number of hydrogen-bond acceptors (Lipinski definition) is 2. The summed E-state index contributed by atoms with van der Waals surface area (Å²) in [6.45, 7) is 0. The molecule has 0 amide bonds. The van der Waals surface area contributed by atoms with Crippen LogP contribution in [0.25, 0.3) is 10.9 Å². The van der Waals surface area contributed by atoms with Crippen molar-refractivity contribution in [1.29, 1.82) is 0 Å². The Labute approximate surface area is 114 Å². The Morgan fingerprint density at radius 2 is 2.22 bits per heavy atom. The van der Waals surface area contributed by atoms with Crippen LogP contribution in [0.3, 0.4) is 0 Å². The van der Waals surface area contributed by atoms with E-state index >= 15 is 0 Å². The number of fused-ring (bicyclic) bond motifs is 1. The molecule has 0 unspecified atom stereocenters. The Morgan fingerprint density at radius 1 is 1.44 bits per heavy atom. The first-order chi connectivity index (χ1) is 8.72. The van der Waals surface area contributed by atoms with Gasteiger partial charge >= 0.3 is 5.97 Å². The normalized spacial score (nSPS) is 15.7. The Kier molecular flexibility index (Phi) is 2.90. The van der Waals surface area contributed by atoms with E-state index in [0.29, 0.717) is 11.6 Å². The SMILES string of the molecule is COC(=O)c1cccc2c1c(Br)cn2C1CCC1. The zero-order valence-electron chi connectivity index (χ0n) is 10.1. The quantitative estimate of drug-likeness (QED) is 0.788. The lowest BCUT2D eigenvalue weighted by molar-refractivity contribution is 0.0603. The predicted octanol–water partition coefficient (Wildman–Crippen LogP) is 3.92. The van der Waals surface area contributed by atoms with Crippen molar-refractivity contribution < 1.29 is 9.53 Å². The molecular formula is C14H14BrNO2. The van der Waals surface area contributed by atoms with Gasteiger partial charge in [-0.3, -0.25) is 0 Å². The number of hydrogen-bond donors (Lipinski definition) is 0. The maximum absolute atomic E-state index is 11.8. The van der Waals surface area contributed by atoms with Crippen molar-refractivity contribution in [3.63, 3.8) is 0 Å². The number of esters is 1. The Bertz CT molecular complexity index is 614. The molecule has 18 heavy (non-hydrogen) atoms. The van der Waals surface area contributed by atoms with Crippen LogP contribution in [0, 0.1) is 0 Å². The van der Waals surface area contributed by atoms with Crippen LogP contribution in [0.15, 0.2) is 28.9 Å². The van der Waals surface area contributed by atoms with Crippen LogP contribution in [-0.2, 0) is 4.74 Å². The fraction of sp³-hybridized carbons (Fsp3) is 0.357. The monoisotopic (exact) mass is 307 g/mol. The summed E-state index contributed by atoms with van der Waals surface area (Å²) in [5.41, 5.74) is 1.73. The third-order valence-corrected chi connectivity index (χ3v) is 4.29. The number of rotatable bonds is 2. The molecule has 0 atom stereocenters. The molecule has 1 aliphatic carbocycles. The molecule has 0 bridgehead atoms. The molecule has 2 aromatic rings. The Balaban J connectivity index is 2.22. The van der Waals surface area contributed by atoms with Crippen LogP contribution in [0.2, 0.25) is 0 Å². The van der Waals surface area contributed by atoms with Crippen molar-refractivity contribution in [1.82, 2.24) is 4.57 Å². The third-order valence-electron chi connectivity index (χ3n) is 3.69.